The fraction of sp³-hybridized carbons (Fsp3) is 0.467. The zero-order valence-corrected chi connectivity index (χ0v) is 23.5. The maximum absolute atomic E-state index is 13.4. The number of amides is 1. The molecule has 0 saturated carbocycles. The van der Waals surface area contributed by atoms with Gasteiger partial charge in [-0.25, -0.2) is 0 Å². The zero-order chi connectivity index (χ0) is 28.0. The van der Waals surface area contributed by atoms with Crippen molar-refractivity contribution in [1.82, 2.24) is 9.80 Å². The van der Waals surface area contributed by atoms with Crippen molar-refractivity contribution >= 4 is 17.4 Å². The maximum atomic E-state index is 13.4. The van der Waals surface area contributed by atoms with Crippen LogP contribution in [0.15, 0.2) is 42.0 Å². The number of aliphatic hydroxyl groups is 1. The highest BCUT2D eigenvalue weighted by molar-refractivity contribution is 6.46. The summed E-state index contributed by atoms with van der Waals surface area (Å²) < 4.78 is 16.7. The number of ketones is 1. The Bertz CT molecular complexity index is 1190. The van der Waals surface area contributed by atoms with Gasteiger partial charge in [-0.2, -0.15) is 0 Å². The van der Waals surface area contributed by atoms with Crippen molar-refractivity contribution in [3.63, 3.8) is 0 Å². The number of likely N-dealkylation sites (tertiary alicyclic amines) is 1. The highest BCUT2D eigenvalue weighted by atomic mass is 16.5. The largest absolute Gasteiger partial charge is 0.507 e. The number of hydrogen-bond donors (Lipinski definition) is 1. The lowest BCUT2D eigenvalue weighted by atomic mass is 9.93. The van der Waals surface area contributed by atoms with E-state index >= 15 is 0 Å². The molecule has 2 aromatic rings. The lowest BCUT2D eigenvalue weighted by Gasteiger charge is -2.28. The molecule has 8 heteroatoms. The van der Waals surface area contributed by atoms with E-state index in [1.165, 1.54) is 7.11 Å². The Kier molecular flexibility index (Phi) is 9.80. The summed E-state index contributed by atoms with van der Waals surface area (Å²) in [6, 6.07) is 9.85. The molecular formula is C30H40N2O6. The van der Waals surface area contributed by atoms with Gasteiger partial charge in [-0.3, -0.25) is 9.59 Å². The fourth-order valence-corrected chi connectivity index (χ4v) is 4.67. The molecule has 1 aliphatic rings. The van der Waals surface area contributed by atoms with Gasteiger partial charge >= 0.3 is 0 Å². The summed E-state index contributed by atoms with van der Waals surface area (Å²) in [4.78, 5) is 30.5. The number of nitrogens with zero attached hydrogens (tertiary/aromatic N) is 2. The summed E-state index contributed by atoms with van der Waals surface area (Å²) >= 11 is 0. The van der Waals surface area contributed by atoms with Crippen molar-refractivity contribution < 1.29 is 28.9 Å². The molecule has 3 rings (SSSR count). The molecule has 38 heavy (non-hydrogen) atoms. The van der Waals surface area contributed by atoms with Crippen LogP contribution in [0.3, 0.4) is 0 Å². The second-order valence-corrected chi connectivity index (χ2v) is 9.82. The number of aryl methyl sites for hydroxylation is 1. The number of ether oxygens (including phenoxy) is 3. The highest BCUT2D eigenvalue weighted by Crippen LogP contribution is 2.42. The average molecular weight is 525 g/mol. The molecule has 8 nitrogen and oxygen atoms in total. The van der Waals surface area contributed by atoms with Gasteiger partial charge in [0.1, 0.15) is 11.5 Å². The first kappa shape index (κ1) is 29.0. The second-order valence-electron chi connectivity index (χ2n) is 9.82. The number of carbonyl (C=O) groups is 2. The molecule has 0 radical (unpaired) electrons. The van der Waals surface area contributed by atoms with Crippen LogP contribution < -0.4 is 14.2 Å². The lowest BCUT2D eigenvalue weighted by molar-refractivity contribution is -0.140. The quantitative estimate of drug-likeness (QED) is 0.242. The predicted molar refractivity (Wildman–Crippen MR) is 148 cm³/mol. The minimum Gasteiger partial charge on any atom is -0.507 e. The molecular weight excluding hydrogens is 484 g/mol. The Balaban J connectivity index is 2.12. The molecule has 206 valence electrons. The summed E-state index contributed by atoms with van der Waals surface area (Å²) in [6.45, 7) is 13.3. The molecule has 2 aromatic carbocycles. The average Bonchev–Trinajstić information content (AvgIpc) is 3.16. The molecule has 0 unspecified atom stereocenters. The van der Waals surface area contributed by atoms with E-state index in [-0.39, 0.29) is 11.3 Å². The first-order valence-electron chi connectivity index (χ1n) is 13.1. The smallest absolute Gasteiger partial charge is 0.295 e. The third kappa shape index (κ3) is 6.13. The Labute approximate surface area is 225 Å². The third-order valence-corrected chi connectivity index (χ3v) is 6.85. The molecule has 1 saturated heterocycles. The molecule has 1 aliphatic heterocycles. The van der Waals surface area contributed by atoms with E-state index in [1.807, 2.05) is 13.0 Å². The van der Waals surface area contributed by atoms with Gasteiger partial charge in [0.15, 0.2) is 11.5 Å². The first-order chi connectivity index (χ1) is 18.2. The lowest BCUT2D eigenvalue weighted by Crippen LogP contribution is -2.38. The van der Waals surface area contributed by atoms with Gasteiger partial charge in [0.25, 0.3) is 11.7 Å². The van der Waals surface area contributed by atoms with Crippen LogP contribution in [-0.4, -0.2) is 73.6 Å². The number of aliphatic hydroxyl groups excluding tert-OH is 1. The van der Waals surface area contributed by atoms with Gasteiger partial charge in [0, 0.05) is 18.7 Å². The molecule has 0 aliphatic carbocycles. The van der Waals surface area contributed by atoms with Gasteiger partial charge in [-0.15, -0.1) is 0 Å². The van der Waals surface area contributed by atoms with Gasteiger partial charge in [-0.1, -0.05) is 33.8 Å². The highest BCUT2D eigenvalue weighted by Gasteiger charge is 2.46. The monoisotopic (exact) mass is 524 g/mol. The van der Waals surface area contributed by atoms with Gasteiger partial charge < -0.3 is 29.1 Å². The van der Waals surface area contributed by atoms with E-state index < -0.39 is 17.7 Å². The van der Waals surface area contributed by atoms with Crippen LogP contribution in [0, 0.1) is 12.8 Å². The van der Waals surface area contributed by atoms with Crippen LogP contribution in [0.5, 0.6) is 17.2 Å². The number of likely N-dealkylation sites (N-methyl/N-ethyl adjacent to an activating group) is 1. The van der Waals surface area contributed by atoms with Gasteiger partial charge in [0.2, 0.25) is 0 Å². The Morgan fingerprint density at radius 1 is 1.03 bits per heavy atom. The van der Waals surface area contributed by atoms with E-state index in [0.717, 1.165) is 18.7 Å². The number of benzene rings is 2. The SMILES string of the molecule is CCN(CC)CCN1C(=O)C(=O)/C(=C(/O)c2ccc(OCC(C)C)cc2C)[C@@H]1c1ccc(OC)c(OC)c1. The zero-order valence-electron chi connectivity index (χ0n) is 23.5. The van der Waals surface area contributed by atoms with Crippen LogP contribution in [0.25, 0.3) is 5.76 Å². The Hall–Kier alpha value is -3.52. The van der Waals surface area contributed by atoms with Crippen molar-refractivity contribution in [3.05, 3.63) is 58.7 Å². The number of rotatable bonds is 12. The van der Waals surface area contributed by atoms with Gasteiger partial charge in [-0.05, 0) is 67.4 Å². The summed E-state index contributed by atoms with van der Waals surface area (Å²) in [5.41, 5.74) is 1.93. The van der Waals surface area contributed by atoms with Crippen molar-refractivity contribution in [3.8, 4) is 17.2 Å². The minimum absolute atomic E-state index is 0.0562. The number of Topliss-reactive ketones (excluding diaryl/α,β-unsaturated/α-hetero) is 1. The van der Waals surface area contributed by atoms with E-state index in [9.17, 15) is 14.7 Å². The molecule has 0 aromatic heterocycles. The van der Waals surface area contributed by atoms with Crippen molar-refractivity contribution in [2.24, 2.45) is 5.92 Å². The topological polar surface area (TPSA) is 88.5 Å². The third-order valence-electron chi connectivity index (χ3n) is 6.85. The number of hydrogen-bond acceptors (Lipinski definition) is 7. The minimum atomic E-state index is -0.776. The van der Waals surface area contributed by atoms with Crippen LogP contribution in [0.2, 0.25) is 0 Å². The van der Waals surface area contributed by atoms with Gasteiger partial charge in [0.05, 0.1) is 32.4 Å². The summed E-state index contributed by atoms with van der Waals surface area (Å²) in [5.74, 6) is 0.517. The predicted octanol–water partition coefficient (Wildman–Crippen LogP) is 4.81. The van der Waals surface area contributed by atoms with E-state index in [4.69, 9.17) is 14.2 Å². The number of methoxy groups -OCH3 is 2. The molecule has 0 bridgehead atoms. The van der Waals surface area contributed by atoms with Crippen molar-refractivity contribution in [2.75, 3.05) is 47.0 Å². The van der Waals surface area contributed by atoms with E-state index in [1.54, 1.807) is 42.3 Å². The summed E-state index contributed by atoms with van der Waals surface area (Å²) in [6.07, 6.45) is 0. The first-order valence-corrected chi connectivity index (χ1v) is 13.1. The van der Waals surface area contributed by atoms with Crippen LogP contribution in [0.1, 0.15) is 50.4 Å². The van der Waals surface area contributed by atoms with Crippen LogP contribution in [0.4, 0.5) is 0 Å². The normalized spacial score (nSPS) is 17.0. The maximum Gasteiger partial charge on any atom is 0.295 e. The molecule has 1 N–H and O–H groups in total. The van der Waals surface area contributed by atoms with E-state index in [0.29, 0.717) is 54.0 Å². The molecule has 1 fully saturated rings. The summed E-state index contributed by atoms with van der Waals surface area (Å²) in [7, 11) is 3.08. The number of carbonyl (C=O) groups excluding carboxylic acids is 2. The standard InChI is InChI=1S/C30H40N2O6/c1-8-31(9-2)14-15-32-27(21-10-13-24(36-6)25(17-21)37-7)26(29(34)30(32)35)28(33)23-12-11-22(16-20(23)5)38-18-19(3)4/h10-13,16-17,19,27,33H,8-9,14-15,18H2,1-7H3/b28-26+/t27-/m0/s1. The Morgan fingerprint density at radius 3 is 2.29 bits per heavy atom. The fourth-order valence-electron chi connectivity index (χ4n) is 4.67. The second kappa shape index (κ2) is 12.8. The van der Waals surface area contributed by atoms with Crippen molar-refractivity contribution in [2.45, 2.75) is 40.7 Å². The molecule has 1 amide bonds. The molecule has 0 spiro atoms. The summed E-state index contributed by atoms with van der Waals surface area (Å²) in [5, 5.41) is 11.5. The van der Waals surface area contributed by atoms with E-state index in [2.05, 4.69) is 32.6 Å². The van der Waals surface area contributed by atoms with Crippen LogP contribution >= 0.6 is 0 Å². The molecule has 1 heterocycles. The Morgan fingerprint density at radius 2 is 1.71 bits per heavy atom. The van der Waals surface area contributed by atoms with Crippen LogP contribution in [-0.2, 0) is 9.59 Å². The molecule has 1 atom stereocenters. The van der Waals surface area contributed by atoms with Crippen molar-refractivity contribution in [1.29, 1.82) is 0 Å².